The molecule has 0 saturated carbocycles. The van der Waals surface area contributed by atoms with E-state index in [0.717, 1.165) is 27.8 Å². The van der Waals surface area contributed by atoms with E-state index in [1.165, 1.54) is 0 Å². The number of rotatable bonds is 4. The van der Waals surface area contributed by atoms with Crippen LogP contribution in [-0.2, 0) is 4.79 Å². The Morgan fingerprint density at radius 1 is 0.844 bits per heavy atom. The van der Waals surface area contributed by atoms with Gasteiger partial charge in [-0.15, -0.1) is 0 Å². The number of ether oxygens (including phenoxy) is 1. The number of phenols is 1. The number of carbonyl (C=O) groups is 2. The van der Waals surface area contributed by atoms with Gasteiger partial charge in [-0.3, -0.25) is 4.79 Å². The van der Waals surface area contributed by atoms with Gasteiger partial charge in [-0.2, -0.15) is 0 Å². The molecule has 0 aliphatic heterocycles. The highest BCUT2D eigenvalue weighted by Crippen LogP contribution is 2.24. The lowest BCUT2D eigenvalue weighted by Gasteiger charge is -2.02. The van der Waals surface area contributed by atoms with Gasteiger partial charge in [0.25, 0.3) is 0 Å². The highest BCUT2D eigenvalue weighted by molar-refractivity contribution is 8.14. The zero-order chi connectivity index (χ0) is 22.9. The lowest BCUT2D eigenvalue weighted by Crippen LogP contribution is -2.07. The number of carbonyl (C=O) groups excluding carboxylic acids is 2. The summed E-state index contributed by atoms with van der Waals surface area (Å²) in [5.74, 6) is 11.5. The number of esters is 1. The van der Waals surface area contributed by atoms with Crippen LogP contribution < -0.4 is 4.74 Å². The van der Waals surface area contributed by atoms with Crippen LogP contribution in [0, 0.1) is 23.7 Å². The van der Waals surface area contributed by atoms with Crippen molar-refractivity contribution < 1.29 is 19.4 Å². The number of thioether (sulfide) groups is 1. The molecule has 1 N–H and O–H groups in total. The van der Waals surface area contributed by atoms with Crippen molar-refractivity contribution in [2.24, 2.45) is 0 Å². The Hall–Kier alpha value is -4.19. The van der Waals surface area contributed by atoms with E-state index in [1.54, 1.807) is 79.7 Å². The van der Waals surface area contributed by atoms with Gasteiger partial charge >= 0.3 is 5.97 Å². The molecule has 0 atom stereocenters. The van der Waals surface area contributed by atoms with Crippen molar-refractivity contribution in [1.82, 2.24) is 0 Å². The minimum Gasteiger partial charge on any atom is -0.508 e. The van der Waals surface area contributed by atoms with E-state index in [1.807, 2.05) is 0 Å². The number of benzene rings is 3. The van der Waals surface area contributed by atoms with E-state index < -0.39 is 5.97 Å². The predicted octanol–water partition coefficient (Wildman–Crippen LogP) is 5.21. The summed E-state index contributed by atoms with van der Waals surface area (Å²) in [5, 5.41) is 9.22. The summed E-state index contributed by atoms with van der Waals surface area (Å²) < 4.78 is 5.13. The minimum atomic E-state index is -0.471. The van der Waals surface area contributed by atoms with Crippen molar-refractivity contribution in [3.8, 4) is 35.2 Å². The second kappa shape index (κ2) is 10.7. The molecule has 0 amide bonds. The van der Waals surface area contributed by atoms with Gasteiger partial charge in [0.1, 0.15) is 11.5 Å². The van der Waals surface area contributed by atoms with E-state index in [-0.39, 0.29) is 10.9 Å². The van der Waals surface area contributed by atoms with E-state index in [2.05, 4.69) is 30.3 Å². The summed E-state index contributed by atoms with van der Waals surface area (Å²) in [6.07, 6.45) is 0. The van der Waals surface area contributed by atoms with E-state index in [0.29, 0.717) is 16.9 Å². The summed E-state index contributed by atoms with van der Waals surface area (Å²) in [4.78, 5) is 24.6. The summed E-state index contributed by atoms with van der Waals surface area (Å²) in [6.45, 7) is 5.13. The average molecular weight is 439 g/mol. The molecule has 0 fully saturated rings. The Morgan fingerprint density at radius 3 is 1.91 bits per heavy atom. The molecule has 0 aliphatic rings. The van der Waals surface area contributed by atoms with Crippen LogP contribution in [-0.4, -0.2) is 16.2 Å². The molecule has 0 aliphatic carbocycles. The average Bonchev–Trinajstić information content (AvgIpc) is 2.79. The molecule has 5 heteroatoms. The molecule has 3 aromatic carbocycles. The maximum Gasteiger partial charge on any atom is 0.338 e. The highest BCUT2D eigenvalue weighted by Gasteiger charge is 2.08. The van der Waals surface area contributed by atoms with Crippen molar-refractivity contribution in [3.05, 3.63) is 102 Å². The van der Waals surface area contributed by atoms with E-state index in [4.69, 9.17) is 4.74 Å². The SMILES string of the molecule is C=C(C)C(=O)Oc1ccc(C#CC#Cc2ccc(C(=O)Sc3ccc(O)cc3)cc2)cc1. The molecule has 0 radical (unpaired) electrons. The Kier molecular flexibility index (Phi) is 7.54. The normalized spacial score (nSPS) is 9.53. The topological polar surface area (TPSA) is 63.6 Å². The van der Waals surface area contributed by atoms with Crippen molar-refractivity contribution in [1.29, 1.82) is 0 Å². The molecule has 0 unspecified atom stereocenters. The van der Waals surface area contributed by atoms with Crippen molar-refractivity contribution in [3.63, 3.8) is 0 Å². The van der Waals surface area contributed by atoms with Gasteiger partial charge in [0.05, 0.1) is 0 Å². The van der Waals surface area contributed by atoms with Crippen LogP contribution in [0.2, 0.25) is 0 Å². The van der Waals surface area contributed by atoms with Crippen LogP contribution in [0.4, 0.5) is 0 Å². The van der Waals surface area contributed by atoms with Crippen LogP contribution >= 0.6 is 11.8 Å². The molecule has 4 nitrogen and oxygen atoms in total. The van der Waals surface area contributed by atoms with Crippen LogP contribution in [0.3, 0.4) is 0 Å². The second-order valence-electron chi connectivity index (χ2n) is 6.65. The Balaban J connectivity index is 1.58. The van der Waals surface area contributed by atoms with Gasteiger partial charge in [0, 0.05) is 27.2 Å². The third kappa shape index (κ3) is 6.67. The molecule has 0 heterocycles. The van der Waals surface area contributed by atoms with Gasteiger partial charge in [-0.1, -0.05) is 18.4 Å². The van der Waals surface area contributed by atoms with Gasteiger partial charge in [0.2, 0.25) is 5.12 Å². The quantitative estimate of drug-likeness (QED) is 0.199. The smallest absolute Gasteiger partial charge is 0.338 e. The maximum atomic E-state index is 12.4. The first-order chi connectivity index (χ1) is 15.4. The first-order valence-corrected chi connectivity index (χ1v) is 10.3. The first-order valence-electron chi connectivity index (χ1n) is 9.52. The monoisotopic (exact) mass is 438 g/mol. The number of hydrogen-bond acceptors (Lipinski definition) is 5. The summed E-state index contributed by atoms with van der Waals surface area (Å²) in [5.41, 5.74) is 2.37. The molecule has 32 heavy (non-hydrogen) atoms. The van der Waals surface area contributed by atoms with Crippen LogP contribution in [0.15, 0.2) is 89.8 Å². The predicted molar refractivity (Wildman–Crippen MR) is 125 cm³/mol. The van der Waals surface area contributed by atoms with Gasteiger partial charge in [0.15, 0.2) is 0 Å². The zero-order valence-corrected chi connectivity index (χ0v) is 18.0. The molecular weight excluding hydrogens is 420 g/mol. The molecule has 0 bridgehead atoms. The van der Waals surface area contributed by atoms with Crippen LogP contribution in [0.5, 0.6) is 11.5 Å². The minimum absolute atomic E-state index is 0.0904. The number of aromatic hydroxyl groups is 1. The molecule has 3 rings (SSSR count). The molecule has 0 spiro atoms. The summed E-state index contributed by atoms with van der Waals surface area (Å²) in [7, 11) is 0. The van der Waals surface area contributed by atoms with Crippen molar-refractivity contribution in [2.75, 3.05) is 0 Å². The maximum absolute atomic E-state index is 12.4. The fourth-order valence-corrected chi connectivity index (χ4v) is 3.12. The second-order valence-corrected chi connectivity index (χ2v) is 7.70. The Labute approximate surface area is 190 Å². The molecule has 156 valence electrons. The van der Waals surface area contributed by atoms with E-state index in [9.17, 15) is 14.7 Å². The molecule has 0 aromatic heterocycles. The molecule has 3 aromatic rings. The third-order valence-corrected chi connectivity index (χ3v) is 4.99. The zero-order valence-electron chi connectivity index (χ0n) is 17.2. The van der Waals surface area contributed by atoms with Crippen molar-refractivity contribution in [2.45, 2.75) is 11.8 Å². The van der Waals surface area contributed by atoms with Crippen molar-refractivity contribution >= 4 is 22.8 Å². The van der Waals surface area contributed by atoms with E-state index >= 15 is 0 Å². The highest BCUT2D eigenvalue weighted by atomic mass is 32.2. The third-order valence-electron chi connectivity index (χ3n) is 4.06. The van der Waals surface area contributed by atoms with Gasteiger partial charge in [-0.05, 0) is 103 Å². The largest absolute Gasteiger partial charge is 0.508 e. The summed E-state index contributed by atoms with van der Waals surface area (Å²) in [6, 6.07) is 20.2. The lowest BCUT2D eigenvalue weighted by molar-refractivity contribution is -0.130. The lowest BCUT2D eigenvalue weighted by atomic mass is 10.1. The molecular formula is C27H18O4S. The number of phenolic OH excluding ortho intramolecular Hbond substituents is 1. The standard InChI is InChI=1S/C27H18O4S/c1-19(2)26(29)31-24-15-9-21(10-16-24)6-4-3-5-20-7-11-22(12-8-20)27(30)32-25-17-13-23(28)14-18-25/h7-18,28H,1H2,2H3. The van der Waals surface area contributed by atoms with Gasteiger partial charge < -0.3 is 9.84 Å². The van der Waals surface area contributed by atoms with Crippen LogP contribution in [0.25, 0.3) is 0 Å². The first kappa shape index (κ1) is 22.5. The van der Waals surface area contributed by atoms with Gasteiger partial charge in [-0.25, -0.2) is 4.79 Å². The number of hydrogen-bond donors (Lipinski definition) is 1. The fourth-order valence-electron chi connectivity index (χ4n) is 2.38. The molecule has 0 saturated heterocycles. The van der Waals surface area contributed by atoms with Crippen LogP contribution in [0.1, 0.15) is 28.4 Å². The fraction of sp³-hybridized carbons (Fsp3) is 0.0370. The Bertz CT molecular complexity index is 1260. The summed E-state index contributed by atoms with van der Waals surface area (Å²) >= 11 is 1.10. The Morgan fingerprint density at radius 2 is 1.38 bits per heavy atom.